The van der Waals surface area contributed by atoms with Crippen molar-refractivity contribution >= 4 is 39.2 Å². The van der Waals surface area contributed by atoms with Crippen molar-refractivity contribution in [2.45, 2.75) is 31.0 Å². The van der Waals surface area contributed by atoms with E-state index in [1.165, 1.54) is 5.56 Å². The van der Waals surface area contributed by atoms with E-state index in [0.717, 1.165) is 29.7 Å². The topological polar surface area (TPSA) is 81.7 Å². The molecule has 7 heteroatoms. The molecule has 2 atom stereocenters. The number of amides is 3. The van der Waals surface area contributed by atoms with Crippen LogP contribution in [-0.4, -0.2) is 17.0 Å². The molecule has 1 aliphatic heterocycles. The summed E-state index contributed by atoms with van der Waals surface area (Å²) in [5, 5.41) is 17.8. The number of halogens is 1. The second-order valence-corrected chi connectivity index (χ2v) is 9.00. The van der Waals surface area contributed by atoms with E-state index in [-0.39, 0.29) is 6.04 Å². The molecule has 3 amide bonds. The van der Waals surface area contributed by atoms with Gasteiger partial charge in [-0.25, -0.2) is 4.79 Å². The van der Waals surface area contributed by atoms with Crippen LogP contribution in [0.2, 0.25) is 0 Å². The zero-order valence-corrected chi connectivity index (χ0v) is 18.8. The van der Waals surface area contributed by atoms with Gasteiger partial charge in [-0.15, -0.1) is 0 Å². The third-order valence-electron chi connectivity index (χ3n) is 6.13. The number of hydrogen-bond acceptors (Lipinski definition) is 3. The highest BCUT2D eigenvalue weighted by Crippen LogP contribution is 2.41. The molecule has 5 rings (SSSR count). The second kappa shape index (κ2) is 8.07. The molecule has 0 aromatic heterocycles. The number of rotatable bonds is 3. The molecule has 6 nitrogen and oxygen atoms in total. The van der Waals surface area contributed by atoms with Gasteiger partial charge in [0.05, 0.1) is 11.7 Å². The highest BCUT2D eigenvalue weighted by Gasteiger charge is 2.52. The SMILES string of the molecule is O=C1Nc2ccc(Br)cc2C(O)(C(=O)NC2CCCc3ccccc32)N1c1ccccc1. The minimum absolute atomic E-state index is 0.241. The van der Waals surface area contributed by atoms with E-state index in [4.69, 9.17) is 0 Å². The number of carbonyl (C=O) groups is 2. The Hall–Kier alpha value is -3.16. The fourth-order valence-corrected chi connectivity index (χ4v) is 4.98. The summed E-state index contributed by atoms with van der Waals surface area (Å²) in [5.74, 6) is -0.641. The number of aryl methyl sites for hydroxylation is 1. The molecule has 1 heterocycles. The summed E-state index contributed by atoms with van der Waals surface area (Å²) >= 11 is 3.43. The normalized spacial score (nSPS) is 21.9. The van der Waals surface area contributed by atoms with E-state index in [2.05, 4.69) is 32.6 Å². The predicted octanol–water partition coefficient (Wildman–Crippen LogP) is 4.84. The van der Waals surface area contributed by atoms with Crippen LogP contribution in [0.5, 0.6) is 0 Å². The molecule has 0 bridgehead atoms. The number of fused-ring (bicyclic) bond motifs is 2. The number of hydrogen-bond donors (Lipinski definition) is 3. The first kappa shape index (κ1) is 20.7. The van der Waals surface area contributed by atoms with Crippen LogP contribution in [-0.2, 0) is 16.9 Å². The monoisotopic (exact) mass is 491 g/mol. The number of aliphatic hydroxyl groups is 1. The molecular formula is C25H22BrN3O3. The van der Waals surface area contributed by atoms with Crippen molar-refractivity contribution in [1.82, 2.24) is 5.32 Å². The highest BCUT2D eigenvalue weighted by molar-refractivity contribution is 9.10. The Morgan fingerprint density at radius 3 is 2.66 bits per heavy atom. The number of nitrogens with zero attached hydrogens (tertiary/aromatic N) is 1. The van der Waals surface area contributed by atoms with Crippen molar-refractivity contribution in [1.29, 1.82) is 0 Å². The Bertz CT molecular complexity index is 1200. The lowest BCUT2D eigenvalue weighted by atomic mass is 9.87. The molecule has 0 saturated heterocycles. The maximum Gasteiger partial charge on any atom is 0.329 e. The largest absolute Gasteiger partial charge is 0.359 e. The average Bonchev–Trinajstić information content (AvgIpc) is 2.80. The Kier molecular flexibility index (Phi) is 5.23. The van der Waals surface area contributed by atoms with Crippen LogP contribution in [0.4, 0.5) is 16.2 Å². The standard InChI is InChI=1S/C25H22BrN3O3/c26-17-13-14-22-20(15-17)25(32,29(24(31)28-22)18-9-2-1-3-10-18)23(30)27-21-12-6-8-16-7-4-5-11-19(16)21/h1-5,7,9-11,13-15,21,32H,6,8,12H2,(H,27,30)(H,28,31). The lowest BCUT2D eigenvalue weighted by molar-refractivity contribution is -0.141. The van der Waals surface area contributed by atoms with Crippen LogP contribution >= 0.6 is 15.9 Å². The number of urea groups is 1. The average molecular weight is 492 g/mol. The van der Waals surface area contributed by atoms with Gasteiger partial charge in [-0.2, -0.15) is 0 Å². The molecular weight excluding hydrogens is 470 g/mol. The van der Waals surface area contributed by atoms with Crippen LogP contribution in [0, 0.1) is 0 Å². The van der Waals surface area contributed by atoms with Gasteiger partial charge in [-0.1, -0.05) is 58.4 Å². The van der Waals surface area contributed by atoms with E-state index >= 15 is 0 Å². The Labute approximate surface area is 194 Å². The first-order chi connectivity index (χ1) is 15.5. The van der Waals surface area contributed by atoms with Crippen LogP contribution in [0.1, 0.15) is 35.6 Å². The van der Waals surface area contributed by atoms with E-state index in [9.17, 15) is 14.7 Å². The van der Waals surface area contributed by atoms with Crippen molar-refractivity contribution in [3.8, 4) is 0 Å². The molecule has 0 radical (unpaired) electrons. The molecule has 32 heavy (non-hydrogen) atoms. The van der Waals surface area contributed by atoms with Gasteiger partial charge in [0.2, 0.25) is 0 Å². The lowest BCUT2D eigenvalue weighted by Crippen LogP contribution is -2.63. The maximum atomic E-state index is 13.8. The van der Waals surface area contributed by atoms with Gasteiger partial charge in [0.15, 0.2) is 0 Å². The molecule has 0 saturated carbocycles. The minimum Gasteiger partial charge on any atom is -0.359 e. The second-order valence-electron chi connectivity index (χ2n) is 8.08. The summed E-state index contributed by atoms with van der Waals surface area (Å²) in [7, 11) is 0. The van der Waals surface area contributed by atoms with Gasteiger partial charge >= 0.3 is 6.03 Å². The smallest absolute Gasteiger partial charge is 0.329 e. The van der Waals surface area contributed by atoms with Crippen LogP contribution in [0.15, 0.2) is 77.3 Å². The lowest BCUT2D eigenvalue weighted by Gasteiger charge is -2.43. The summed E-state index contributed by atoms with van der Waals surface area (Å²) in [4.78, 5) is 28.0. The Morgan fingerprint density at radius 2 is 1.84 bits per heavy atom. The molecule has 0 spiro atoms. The van der Waals surface area contributed by atoms with E-state index in [1.807, 2.05) is 24.3 Å². The number of para-hydroxylation sites is 1. The van der Waals surface area contributed by atoms with Crippen LogP contribution in [0.3, 0.4) is 0 Å². The van der Waals surface area contributed by atoms with Gasteiger partial charge in [-0.05, 0) is 60.7 Å². The molecule has 2 aliphatic rings. The number of benzene rings is 3. The third kappa shape index (κ3) is 3.38. The molecule has 0 fully saturated rings. The fourth-order valence-electron chi connectivity index (χ4n) is 4.62. The molecule has 2 unspecified atom stereocenters. The summed E-state index contributed by atoms with van der Waals surface area (Å²) < 4.78 is 0.689. The zero-order valence-electron chi connectivity index (χ0n) is 17.2. The van der Waals surface area contributed by atoms with Crippen molar-refractivity contribution in [2.75, 3.05) is 10.2 Å². The van der Waals surface area contributed by atoms with Crippen molar-refractivity contribution < 1.29 is 14.7 Å². The van der Waals surface area contributed by atoms with Crippen molar-refractivity contribution in [3.05, 3.63) is 94.0 Å². The first-order valence-electron chi connectivity index (χ1n) is 10.6. The van der Waals surface area contributed by atoms with E-state index < -0.39 is 17.7 Å². The Balaban J connectivity index is 1.61. The molecule has 1 aliphatic carbocycles. The van der Waals surface area contributed by atoms with Gasteiger partial charge in [0, 0.05) is 15.7 Å². The fraction of sp³-hybridized carbons (Fsp3) is 0.200. The summed E-state index contributed by atoms with van der Waals surface area (Å²) in [6.45, 7) is 0. The van der Waals surface area contributed by atoms with E-state index in [1.54, 1.807) is 42.5 Å². The van der Waals surface area contributed by atoms with Crippen LogP contribution in [0.25, 0.3) is 0 Å². The van der Waals surface area contributed by atoms with Crippen LogP contribution < -0.4 is 15.5 Å². The third-order valence-corrected chi connectivity index (χ3v) is 6.62. The summed E-state index contributed by atoms with van der Waals surface area (Å²) in [5.41, 5.74) is 1.13. The minimum atomic E-state index is -2.23. The molecule has 162 valence electrons. The van der Waals surface area contributed by atoms with Gasteiger partial charge in [0.1, 0.15) is 0 Å². The number of anilines is 2. The Morgan fingerprint density at radius 1 is 1.09 bits per heavy atom. The van der Waals surface area contributed by atoms with Gasteiger partial charge < -0.3 is 15.7 Å². The van der Waals surface area contributed by atoms with Gasteiger partial charge in [0.25, 0.3) is 11.6 Å². The zero-order chi connectivity index (χ0) is 22.3. The molecule has 3 N–H and O–H groups in total. The maximum absolute atomic E-state index is 13.8. The predicted molar refractivity (Wildman–Crippen MR) is 126 cm³/mol. The van der Waals surface area contributed by atoms with Gasteiger partial charge in [-0.3, -0.25) is 9.69 Å². The first-order valence-corrected chi connectivity index (χ1v) is 11.3. The van der Waals surface area contributed by atoms with E-state index in [0.29, 0.717) is 21.4 Å². The number of carbonyl (C=O) groups excluding carboxylic acids is 2. The molecule has 3 aromatic carbocycles. The summed E-state index contributed by atoms with van der Waals surface area (Å²) in [6.07, 6.45) is 2.66. The van der Waals surface area contributed by atoms with Crippen molar-refractivity contribution in [3.63, 3.8) is 0 Å². The highest BCUT2D eigenvalue weighted by atomic mass is 79.9. The number of nitrogens with one attached hydrogen (secondary N) is 2. The molecule has 3 aromatic rings. The summed E-state index contributed by atoms with van der Waals surface area (Å²) in [6, 6.07) is 21.0. The van der Waals surface area contributed by atoms with Crippen molar-refractivity contribution in [2.24, 2.45) is 0 Å². The quantitative estimate of drug-likeness (QED) is 0.490.